The molecule has 1 fully saturated rings. The normalized spacial score (nSPS) is 15.7. The Kier molecular flexibility index (Phi) is 6.20. The summed E-state index contributed by atoms with van der Waals surface area (Å²) in [5, 5.41) is 2.43. The minimum atomic E-state index is -0.782. The molecule has 0 unspecified atom stereocenters. The molecule has 2 aromatic carbocycles. The molecule has 2 aromatic rings. The van der Waals surface area contributed by atoms with E-state index in [0.29, 0.717) is 17.2 Å². The molecule has 1 aliphatic rings. The van der Waals surface area contributed by atoms with Crippen LogP contribution in [0.5, 0.6) is 11.5 Å². The Morgan fingerprint density at radius 2 is 1.90 bits per heavy atom. The third-order valence-electron chi connectivity index (χ3n) is 4.84. The molecule has 1 saturated heterocycles. The molecule has 3 rings (SSSR count). The van der Waals surface area contributed by atoms with Crippen LogP contribution in [0.15, 0.2) is 36.4 Å². The summed E-state index contributed by atoms with van der Waals surface area (Å²) in [5.41, 5.74) is 0.0824. The van der Waals surface area contributed by atoms with Crippen molar-refractivity contribution in [3.63, 3.8) is 0 Å². The van der Waals surface area contributed by atoms with Gasteiger partial charge >= 0.3 is 5.97 Å². The van der Waals surface area contributed by atoms with E-state index in [1.807, 2.05) is 0 Å². The molecule has 0 bridgehead atoms. The minimum absolute atomic E-state index is 0.0657. The highest BCUT2D eigenvalue weighted by Gasteiger charge is 2.37. The highest BCUT2D eigenvalue weighted by molar-refractivity contribution is 6.06. The molecule has 30 heavy (non-hydrogen) atoms. The maximum atomic E-state index is 14.3. The number of ether oxygens (including phenoxy) is 3. The van der Waals surface area contributed by atoms with E-state index in [1.54, 1.807) is 18.2 Å². The topological polar surface area (TPSA) is 94.2 Å². The van der Waals surface area contributed by atoms with Gasteiger partial charge in [-0.1, -0.05) is 6.07 Å². The van der Waals surface area contributed by atoms with Gasteiger partial charge in [-0.2, -0.15) is 0 Å². The van der Waals surface area contributed by atoms with Crippen molar-refractivity contribution in [3.8, 4) is 11.5 Å². The Morgan fingerprint density at radius 1 is 1.13 bits per heavy atom. The average molecular weight is 416 g/mol. The summed E-state index contributed by atoms with van der Waals surface area (Å²) >= 11 is 0. The first kappa shape index (κ1) is 21.1. The van der Waals surface area contributed by atoms with Crippen molar-refractivity contribution in [2.75, 3.05) is 38.1 Å². The van der Waals surface area contributed by atoms with Crippen LogP contribution in [0.4, 0.5) is 15.8 Å². The van der Waals surface area contributed by atoms with Crippen LogP contribution in [0.3, 0.4) is 0 Å². The SMILES string of the molecule is COC(=O)c1cccc(F)c1NC(=O)[C@H]1CC(=O)N(c2cc(OC)ccc2OC)C1. The van der Waals surface area contributed by atoms with Gasteiger partial charge in [0.1, 0.15) is 17.3 Å². The molecule has 0 spiro atoms. The van der Waals surface area contributed by atoms with Crippen molar-refractivity contribution < 1.29 is 33.0 Å². The molecule has 8 nitrogen and oxygen atoms in total. The lowest BCUT2D eigenvalue weighted by molar-refractivity contribution is -0.122. The zero-order valence-electron chi connectivity index (χ0n) is 16.7. The number of nitrogens with one attached hydrogen (secondary N) is 1. The second-order valence-corrected chi connectivity index (χ2v) is 6.59. The first-order chi connectivity index (χ1) is 14.4. The van der Waals surface area contributed by atoms with E-state index in [1.165, 1.54) is 31.3 Å². The van der Waals surface area contributed by atoms with E-state index in [4.69, 9.17) is 9.47 Å². The highest BCUT2D eigenvalue weighted by Crippen LogP contribution is 2.36. The molecule has 158 valence electrons. The number of para-hydroxylation sites is 1. The molecule has 0 aliphatic carbocycles. The molecule has 0 aromatic heterocycles. The van der Waals surface area contributed by atoms with Gasteiger partial charge in [0.2, 0.25) is 11.8 Å². The second-order valence-electron chi connectivity index (χ2n) is 6.59. The van der Waals surface area contributed by atoms with Crippen molar-refractivity contribution in [2.45, 2.75) is 6.42 Å². The lowest BCUT2D eigenvalue weighted by Gasteiger charge is -2.20. The van der Waals surface area contributed by atoms with E-state index in [2.05, 4.69) is 10.1 Å². The number of esters is 1. The van der Waals surface area contributed by atoms with E-state index in [-0.39, 0.29) is 30.1 Å². The van der Waals surface area contributed by atoms with E-state index in [9.17, 15) is 18.8 Å². The number of anilines is 2. The summed E-state index contributed by atoms with van der Waals surface area (Å²) in [5.74, 6) is -2.20. The summed E-state index contributed by atoms with van der Waals surface area (Å²) in [6.45, 7) is 0.0657. The van der Waals surface area contributed by atoms with Crippen molar-refractivity contribution in [1.29, 1.82) is 0 Å². The molecule has 2 amide bonds. The van der Waals surface area contributed by atoms with E-state index >= 15 is 0 Å². The highest BCUT2D eigenvalue weighted by atomic mass is 19.1. The fourth-order valence-electron chi connectivity index (χ4n) is 3.28. The minimum Gasteiger partial charge on any atom is -0.497 e. The molecular formula is C21H21FN2O6. The van der Waals surface area contributed by atoms with Crippen LogP contribution >= 0.6 is 0 Å². The Hall–Kier alpha value is -3.62. The molecule has 9 heteroatoms. The van der Waals surface area contributed by atoms with Crippen LogP contribution in [-0.2, 0) is 14.3 Å². The maximum Gasteiger partial charge on any atom is 0.340 e. The largest absolute Gasteiger partial charge is 0.497 e. The average Bonchev–Trinajstić information content (AvgIpc) is 3.15. The Balaban J connectivity index is 1.83. The number of rotatable bonds is 6. The van der Waals surface area contributed by atoms with E-state index in [0.717, 1.165) is 13.2 Å². The second kappa shape index (κ2) is 8.81. The number of hydrogen-bond acceptors (Lipinski definition) is 6. The molecule has 1 heterocycles. The first-order valence-corrected chi connectivity index (χ1v) is 9.09. The van der Waals surface area contributed by atoms with Crippen molar-refractivity contribution >= 4 is 29.2 Å². The first-order valence-electron chi connectivity index (χ1n) is 9.09. The van der Waals surface area contributed by atoms with Crippen molar-refractivity contribution in [2.24, 2.45) is 5.92 Å². The number of amides is 2. The summed E-state index contributed by atoms with van der Waals surface area (Å²) in [6, 6.07) is 8.81. The van der Waals surface area contributed by atoms with Gasteiger partial charge in [-0.05, 0) is 24.3 Å². The zero-order chi connectivity index (χ0) is 21.8. The fourth-order valence-corrected chi connectivity index (χ4v) is 3.28. The van der Waals surface area contributed by atoms with Gasteiger partial charge in [-0.15, -0.1) is 0 Å². The summed E-state index contributed by atoms with van der Waals surface area (Å²) in [7, 11) is 4.14. The molecule has 1 N–H and O–H groups in total. The number of benzene rings is 2. The third-order valence-corrected chi connectivity index (χ3v) is 4.84. The Morgan fingerprint density at radius 3 is 2.57 bits per heavy atom. The van der Waals surface area contributed by atoms with Gasteiger partial charge in [-0.3, -0.25) is 9.59 Å². The van der Waals surface area contributed by atoms with Crippen LogP contribution in [0.25, 0.3) is 0 Å². The predicted octanol–water partition coefficient (Wildman–Crippen LogP) is 2.62. The van der Waals surface area contributed by atoms with Gasteiger partial charge in [-0.25, -0.2) is 9.18 Å². The van der Waals surface area contributed by atoms with Crippen molar-refractivity contribution in [1.82, 2.24) is 0 Å². The van der Waals surface area contributed by atoms with Gasteiger partial charge in [0, 0.05) is 19.0 Å². The smallest absolute Gasteiger partial charge is 0.340 e. The zero-order valence-corrected chi connectivity index (χ0v) is 16.7. The number of methoxy groups -OCH3 is 3. The standard InChI is InChI=1S/C21H21FN2O6/c1-28-13-7-8-17(29-2)16(10-13)24-11-12(9-18(24)25)20(26)23-19-14(21(27)30-3)5-4-6-15(19)22/h4-8,10,12H,9,11H2,1-3H3,(H,23,26)/t12-/m0/s1. The summed E-state index contributed by atoms with van der Waals surface area (Å²) < 4.78 is 29.4. The number of carbonyl (C=O) groups is 3. The van der Waals surface area contributed by atoms with Gasteiger partial charge in [0.25, 0.3) is 0 Å². The van der Waals surface area contributed by atoms with Gasteiger partial charge in [0.15, 0.2) is 0 Å². The predicted molar refractivity (Wildman–Crippen MR) is 106 cm³/mol. The number of nitrogens with zero attached hydrogens (tertiary/aromatic N) is 1. The van der Waals surface area contributed by atoms with Crippen LogP contribution < -0.4 is 19.7 Å². The van der Waals surface area contributed by atoms with Gasteiger partial charge < -0.3 is 24.4 Å². The lowest BCUT2D eigenvalue weighted by Crippen LogP contribution is -2.29. The molecule has 0 saturated carbocycles. The molecular weight excluding hydrogens is 395 g/mol. The maximum absolute atomic E-state index is 14.3. The van der Waals surface area contributed by atoms with Crippen LogP contribution in [0, 0.1) is 11.7 Å². The quantitative estimate of drug-likeness (QED) is 0.728. The number of halogens is 1. The van der Waals surface area contributed by atoms with Gasteiger partial charge in [0.05, 0.1) is 44.2 Å². The lowest BCUT2D eigenvalue weighted by atomic mass is 10.1. The number of hydrogen-bond donors (Lipinski definition) is 1. The van der Waals surface area contributed by atoms with Crippen LogP contribution in [-0.4, -0.2) is 45.7 Å². The third kappa shape index (κ3) is 4.05. The Labute approximate surface area is 172 Å². The number of carbonyl (C=O) groups excluding carboxylic acids is 3. The monoisotopic (exact) mass is 416 g/mol. The molecule has 1 atom stereocenters. The van der Waals surface area contributed by atoms with Crippen molar-refractivity contribution in [3.05, 3.63) is 47.8 Å². The van der Waals surface area contributed by atoms with Crippen LogP contribution in [0.1, 0.15) is 16.8 Å². The summed E-state index contributed by atoms with van der Waals surface area (Å²) in [6.07, 6.45) is -0.0752. The Bertz CT molecular complexity index is 993. The van der Waals surface area contributed by atoms with Crippen LogP contribution in [0.2, 0.25) is 0 Å². The fraction of sp³-hybridized carbons (Fsp3) is 0.286. The van der Waals surface area contributed by atoms with E-state index < -0.39 is 23.6 Å². The molecule has 0 radical (unpaired) electrons. The molecule has 1 aliphatic heterocycles. The summed E-state index contributed by atoms with van der Waals surface area (Å²) in [4.78, 5) is 38.7.